The van der Waals surface area contributed by atoms with Crippen LogP contribution in [0.25, 0.3) is 11.3 Å². The lowest BCUT2D eigenvalue weighted by Crippen LogP contribution is -2.36. The highest BCUT2D eigenvalue weighted by Crippen LogP contribution is 2.36. The van der Waals surface area contributed by atoms with E-state index in [2.05, 4.69) is 65.4 Å². The first-order chi connectivity index (χ1) is 19.0. The SMILES string of the molecule is CCOC(=O)C1CCN(c2nc(-c3cc(C)ccc3OCc3ccc(CN4CCOCC4)cc3C)cs2)CC1. The standard InChI is InChI=1S/C31H39N3O4S/c1-4-37-30(35)25-9-11-34(12-10-25)31-32-28(21-39-31)27-17-22(2)5-8-29(27)38-20-26-7-6-24(18-23(26)3)19-33-13-15-36-16-14-33/h5-8,17-18,21,25H,4,9-16,19-20H2,1-3H3. The van der Waals surface area contributed by atoms with Gasteiger partial charge in [-0.2, -0.15) is 0 Å². The Morgan fingerprint density at radius 3 is 2.62 bits per heavy atom. The van der Waals surface area contributed by atoms with Gasteiger partial charge in [0.1, 0.15) is 12.4 Å². The molecule has 3 aromatic rings. The number of esters is 1. The Morgan fingerprint density at radius 1 is 1.08 bits per heavy atom. The second-order valence-electron chi connectivity index (χ2n) is 10.5. The molecule has 0 saturated carbocycles. The van der Waals surface area contributed by atoms with Crippen molar-refractivity contribution in [3.05, 3.63) is 64.0 Å². The number of hydrogen-bond acceptors (Lipinski definition) is 8. The summed E-state index contributed by atoms with van der Waals surface area (Å²) in [6.07, 6.45) is 1.61. The third-order valence-electron chi connectivity index (χ3n) is 7.59. The van der Waals surface area contributed by atoms with Gasteiger partial charge in [-0.25, -0.2) is 4.98 Å². The first-order valence-corrected chi connectivity index (χ1v) is 14.9. The van der Waals surface area contributed by atoms with Gasteiger partial charge in [0, 0.05) is 43.7 Å². The van der Waals surface area contributed by atoms with Crippen LogP contribution < -0.4 is 9.64 Å². The number of piperidine rings is 1. The summed E-state index contributed by atoms with van der Waals surface area (Å²) in [5.41, 5.74) is 6.88. The lowest BCUT2D eigenvalue weighted by molar-refractivity contribution is -0.148. The van der Waals surface area contributed by atoms with E-state index in [0.29, 0.717) is 13.2 Å². The van der Waals surface area contributed by atoms with E-state index in [9.17, 15) is 4.79 Å². The van der Waals surface area contributed by atoms with E-state index in [1.807, 2.05) is 6.92 Å². The normalized spacial score (nSPS) is 16.8. The van der Waals surface area contributed by atoms with Gasteiger partial charge in [-0.15, -0.1) is 11.3 Å². The molecule has 0 unspecified atom stereocenters. The summed E-state index contributed by atoms with van der Waals surface area (Å²) >= 11 is 1.65. The van der Waals surface area contributed by atoms with Crippen LogP contribution in [0, 0.1) is 19.8 Å². The molecule has 39 heavy (non-hydrogen) atoms. The number of aryl methyl sites for hydroxylation is 2. The number of nitrogens with zero attached hydrogens (tertiary/aromatic N) is 3. The molecular formula is C31H39N3O4S. The number of morpholine rings is 1. The van der Waals surface area contributed by atoms with Crippen molar-refractivity contribution >= 4 is 22.4 Å². The number of aromatic nitrogens is 1. The van der Waals surface area contributed by atoms with Crippen molar-refractivity contribution in [2.24, 2.45) is 5.92 Å². The lowest BCUT2D eigenvalue weighted by atomic mass is 9.97. The molecule has 3 heterocycles. The van der Waals surface area contributed by atoms with Gasteiger partial charge < -0.3 is 19.1 Å². The summed E-state index contributed by atoms with van der Waals surface area (Å²) in [5.74, 6) is 0.769. The number of anilines is 1. The molecule has 2 saturated heterocycles. The molecule has 208 valence electrons. The largest absolute Gasteiger partial charge is 0.488 e. The fourth-order valence-electron chi connectivity index (χ4n) is 5.26. The molecule has 0 radical (unpaired) electrons. The zero-order chi connectivity index (χ0) is 27.2. The first kappa shape index (κ1) is 27.6. The molecule has 0 aliphatic carbocycles. The van der Waals surface area contributed by atoms with Crippen LogP contribution in [0.2, 0.25) is 0 Å². The molecule has 0 spiro atoms. The van der Waals surface area contributed by atoms with Crippen molar-refractivity contribution in [1.82, 2.24) is 9.88 Å². The molecule has 2 aliphatic heterocycles. The van der Waals surface area contributed by atoms with Gasteiger partial charge in [-0.1, -0.05) is 29.8 Å². The second kappa shape index (κ2) is 12.9. The molecule has 1 aromatic heterocycles. The predicted molar refractivity (Wildman–Crippen MR) is 155 cm³/mol. The Kier molecular flexibility index (Phi) is 9.17. The highest BCUT2D eigenvalue weighted by atomic mass is 32.1. The minimum absolute atomic E-state index is 0.00528. The van der Waals surface area contributed by atoms with Crippen LogP contribution in [-0.4, -0.2) is 61.9 Å². The maximum absolute atomic E-state index is 12.1. The molecule has 0 amide bonds. The Bertz CT molecular complexity index is 1260. The zero-order valence-electron chi connectivity index (χ0n) is 23.3. The molecule has 0 atom stereocenters. The van der Waals surface area contributed by atoms with Crippen molar-refractivity contribution in [2.45, 2.75) is 46.8 Å². The Hall–Kier alpha value is -2.94. The average Bonchev–Trinajstić information content (AvgIpc) is 3.44. The third-order valence-corrected chi connectivity index (χ3v) is 8.49. The smallest absolute Gasteiger partial charge is 0.309 e. The quantitative estimate of drug-likeness (QED) is 0.321. The van der Waals surface area contributed by atoms with E-state index < -0.39 is 0 Å². The Morgan fingerprint density at radius 2 is 1.87 bits per heavy atom. The van der Waals surface area contributed by atoms with Gasteiger partial charge >= 0.3 is 5.97 Å². The summed E-state index contributed by atoms with van der Waals surface area (Å²) in [7, 11) is 0. The van der Waals surface area contributed by atoms with Crippen LogP contribution in [0.15, 0.2) is 41.8 Å². The van der Waals surface area contributed by atoms with Gasteiger partial charge in [0.05, 0.1) is 31.4 Å². The topological polar surface area (TPSA) is 64.1 Å². The zero-order valence-corrected chi connectivity index (χ0v) is 24.1. The molecule has 2 aromatic carbocycles. The molecule has 0 N–H and O–H groups in total. The van der Waals surface area contributed by atoms with Gasteiger partial charge in [0.25, 0.3) is 0 Å². The minimum Gasteiger partial charge on any atom is -0.488 e. The molecule has 8 heteroatoms. The summed E-state index contributed by atoms with van der Waals surface area (Å²) in [5, 5.41) is 3.10. The van der Waals surface area contributed by atoms with Gasteiger partial charge in [0.2, 0.25) is 0 Å². The molecule has 2 fully saturated rings. The highest BCUT2D eigenvalue weighted by molar-refractivity contribution is 7.14. The van der Waals surface area contributed by atoms with Gasteiger partial charge in [-0.3, -0.25) is 9.69 Å². The van der Waals surface area contributed by atoms with E-state index in [1.165, 1.54) is 22.3 Å². The monoisotopic (exact) mass is 549 g/mol. The van der Waals surface area contributed by atoms with Crippen molar-refractivity contribution < 1.29 is 19.0 Å². The average molecular weight is 550 g/mol. The minimum atomic E-state index is -0.0690. The summed E-state index contributed by atoms with van der Waals surface area (Å²) in [6.45, 7) is 13.3. The van der Waals surface area contributed by atoms with Crippen LogP contribution in [0.5, 0.6) is 5.75 Å². The van der Waals surface area contributed by atoms with Crippen LogP contribution in [0.1, 0.15) is 42.0 Å². The molecule has 2 aliphatic rings. The van der Waals surface area contributed by atoms with Crippen molar-refractivity contribution in [3.8, 4) is 17.0 Å². The second-order valence-corrected chi connectivity index (χ2v) is 11.3. The third kappa shape index (κ3) is 6.99. The van der Waals surface area contributed by atoms with E-state index in [-0.39, 0.29) is 11.9 Å². The fraction of sp³-hybridized carbons (Fsp3) is 0.484. The summed E-state index contributed by atoms with van der Waals surface area (Å²) in [4.78, 5) is 21.8. The van der Waals surface area contributed by atoms with E-state index in [1.54, 1.807) is 11.3 Å². The summed E-state index contributed by atoms with van der Waals surface area (Å²) in [6, 6.07) is 13.0. The van der Waals surface area contributed by atoms with Crippen molar-refractivity contribution in [2.75, 3.05) is 50.9 Å². The number of thiazole rings is 1. The highest BCUT2D eigenvalue weighted by Gasteiger charge is 2.27. The number of rotatable bonds is 9. The van der Waals surface area contributed by atoms with Gasteiger partial charge in [-0.05, 0) is 62.4 Å². The van der Waals surface area contributed by atoms with Crippen LogP contribution in [0.3, 0.4) is 0 Å². The maximum Gasteiger partial charge on any atom is 0.309 e. The van der Waals surface area contributed by atoms with Crippen molar-refractivity contribution in [1.29, 1.82) is 0 Å². The van der Waals surface area contributed by atoms with E-state index >= 15 is 0 Å². The lowest BCUT2D eigenvalue weighted by Gasteiger charge is -2.30. The first-order valence-electron chi connectivity index (χ1n) is 14.0. The Labute approximate surface area is 235 Å². The van der Waals surface area contributed by atoms with Crippen LogP contribution in [-0.2, 0) is 27.4 Å². The number of benzene rings is 2. The Balaban J connectivity index is 1.24. The summed E-state index contributed by atoms with van der Waals surface area (Å²) < 4.78 is 17.1. The number of hydrogen-bond donors (Lipinski definition) is 0. The number of carbonyl (C=O) groups is 1. The van der Waals surface area contributed by atoms with Gasteiger partial charge in [0.15, 0.2) is 5.13 Å². The van der Waals surface area contributed by atoms with E-state index in [4.69, 9.17) is 19.2 Å². The van der Waals surface area contributed by atoms with Crippen LogP contribution >= 0.6 is 11.3 Å². The van der Waals surface area contributed by atoms with Crippen LogP contribution in [0.4, 0.5) is 5.13 Å². The number of ether oxygens (including phenoxy) is 3. The predicted octanol–water partition coefficient (Wildman–Crippen LogP) is 5.62. The molecule has 0 bridgehead atoms. The maximum atomic E-state index is 12.1. The fourth-order valence-corrected chi connectivity index (χ4v) is 6.14. The molecular weight excluding hydrogens is 510 g/mol. The molecule has 7 nitrogen and oxygen atoms in total. The van der Waals surface area contributed by atoms with E-state index in [0.717, 1.165) is 80.9 Å². The van der Waals surface area contributed by atoms with Crippen molar-refractivity contribution in [3.63, 3.8) is 0 Å². The number of carbonyl (C=O) groups excluding carboxylic acids is 1. The molecule has 5 rings (SSSR count).